The normalized spacial score (nSPS) is 17.1. The number of carbonyl (C=O) groups is 1. The van der Waals surface area contributed by atoms with Crippen molar-refractivity contribution in [3.05, 3.63) is 18.0 Å². The predicted molar refractivity (Wildman–Crippen MR) is 65.8 cm³/mol. The van der Waals surface area contributed by atoms with Crippen molar-refractivity contribution in [2.75, 3.05) is 27.2 Å². The summed E-state index contributed by atoms with van der Waals surface area (Å²) in [5.74, 6) is 0.671. The monoisotopic (exact) mass is 236 g/mol. The van der Waals surface area contributed by atoms with Gasteiger partial charge in [0.1, 0.15) is 6.54 Å². The molecule has 0 radical (unpaired) electrons. The molecule has 0 saturated carbocycles. The molecule has 0 atom stereocenters. The molecule has 2 rings (SSSR count). The van der Waals surface area contributed by atoms with Crippen LogP contribution in [0.2, 0.25) is 0 Å². The van der Waals surface area contributed by atoms with E-state index in [1.165, 1.54) is 5.56 Å². The Balaban J connectivity index is 1.97. The fraction of sp³-hybridized carbons (Fsp3) is 0.667. The first kappa shape index (κ1) is 12.1. The number of nitrogens with one attached hydrogen (secondary N) is 1. The number of carbonyl (C=O) groups excluding carboxylic acids is 1. The van der Waals surface area contributed by atoms with Crippen molar-refractivity contribution in [2.45, 2.75) is 25.3 Å². The molecule has 17 heavy (non-hydrogen) atoms. The molecule has 5 heteroatoms. The lowest BCUT2D eigenvalue weighted by Gasteiger charge is -2.21. The van der Waals surface area contributed by atoms with Crippen LogP contribution in [-0.2, 0) is 11.3 Å². The molecule has 1 aliphatic rings. The minimum Gasteiger partial charge on any atom is -0.347 e. The van der Waals surface area contributed by atoms with Crippen LogP contribution in [0.5, 0.6) is 0 Å². The Labute approximate surface area is 102 Å². The molecular weight excluding hydrogens is 216 g/mol. The van der Waals surface area contributed by atoms with Gasteiger partial charge in [0.05, 0.1) is 6.20 Å². The van der Waals surface area contributed by atoms with Crippen molar-refractivity contribution in [1.29, 1.82) is 0 Å². The van der Waals surface area contributed by atoms with Gasteiger partial charge in [-0.25, -0.2) is 0 Å². The summed E-state index contributed by atoms with van der Waals surface area (Å²) in [7, 11) is 3.53. The molecule has 2 heterocycles. The summed E-state index contributed by atoms with van der Waals surface area (Å²) >= 11 is 0. The van der Waals surface area contributed by atoms with Gasteiger partial charge in [-0.1, -0.05) is 0 Å². The quantitative estimate of drug-likeness (QED) is 0.828. The number of piperidine rings is 1. The Morgan fingerprint density at radius 3 is 2.88 bits per heavy atom. The summed E-state index contributed by atoms with van der Waals surface area (Å²) in [6, 6.07) is 0. The van der Waals surface area contributed by atoms with Crippen LogP contribution in [0.1, 0.15) is 24.3 Å². The van der Waals surface area contributed by atoms with Crippen molar-refractivity contribution in [3.63, 3.8) is 0 Å². The van der Waals surface area contributed by atoms with E-state index in [4.69, 9.17) is 0 Å². The largest absolute Gasteiger partial charge is 0.347 e. The molecule has 1 aromatic heterocycles. The van der Waals surface area contributed by atoms with Gasteiger partial charge in [-0.3, -0.25) is 9.48 Å². The maximum absolute atomic E-state index is 11.6. The summed E-state index contributed by atoms with van der Waals surface area (Å²) < 4.78 is 1.74. The molecular formula is C12H20N4O. The van der Waals surface area contributed by atoms with Gasteiger partial charge in [0, 0.05) is 20.3 Å². The van der Waals surface area contributed by atoms with Crippen molar-refractivity contribution in [2.24, 2.45) is 0 Å². The van der Waals surface area contributed by atoms with Crippen LogP contribution >= 0.6 is 0 Å². The van der Waals surface area contributed by atoms with Gasteiger partial charge in [-0.2, -0.15) is 5.10 Å². The summed E-state index contributed by atoms with van der Waals surface area (Å²) in [6.45, 7) is 2.48. The van der Waals surface area contributed by atoms with E-state index in [-0.39, 0.29) is 5.91 Å². The van der Waals surface area contributed by atoms with Gasteiger partial charge >= 0.3 is 0 Å². The second kappa shape index (κ2) is 5.31. The Bertz CT molecular complexity index is 380. The SMILES string of the molecule is CN(C)C(=O)Cn1cc(C2CCNCC2)cn1. The van der Waals surface area contributed by atoms with E-state index < -0.39 is 0 Å². The molecule has 1 N–H and O–H groups in total. The second-order valence-corrected chi connectivity index (χ2v) is 4.78. The van der Waals surface area contributed by atoms with E-state index in [1.807, 2.05) is 12.4 Å². The molecule has 0 bridgehead atoms. The highest BCUT2D eigenvalue weighted by atomic mass is 16.2. The van der Waals surface area contributed by atoms with Gasteiger partial charge in [-0.05, 0) is 37.4 Å². The maximum Gasteiger partial charge on any atom is 0.243 e. The summed E-state index contributed by atoms with van der Waals surface area (Å²) in [5.41, 5.74) is 1.26. The third-order valence-electron chi connectivity index (χ3n) is 3.26. The molecule has 0 aromatic carbocycles. The third-order valence-corrected chi connectivity index (χ3v) is 3.26. The molecule has 0 aliphatic carbocycles. The molecule has 94 valence electrons. The van der Waals surface area contributed by atoms with Crippen LogP contribution in [0, 0.1) is 0 Å². The van der Waals surface area contributed by atoms with E-state index in [9.17, 15) is 4.79 Å². The molecule has 1 saturated heterocycles. The first-order valence-electron chi connectivity index (χ1n) is 6.10. The number of nitrogens with zero attached hydrogens (tertiary/aromatic N) is 3. The van der Waals surface area contributed by atoms with Crippen molar-refractivity contribution >= 4 is 5.91 Å². The third kappa shape index (κ3) is 3.06. The number of rotatable bonds is 3. The van der Waals surface area contributed by atoms with Crippen LogP contribution in [0.15, 0.2) is 12.4 Å². The predicted octanol–water partition coefficient (Wildman–Crippen LogP) is 0.438. The van der Waals surface area contributed by atoms with E-state index in [2.05, 4.69) is 10.4 Å². The van der Waals surface area contributed by atoms with Crippen LogP contribution in [0.4, 0.5) is 0 Å². The minimum atomic E-state index is 0.0740. The molecule has 1 aromatic rings. The van der Waals surface area contributed by atoms with Crippen molar-refractivity contribution in [3.8, 4) is 0 Å². The van der Waals surface area contributed by atoms with Crippen molar-refractivity contribution in [1.82, 2.24) is 20.0 Å². The number of aromatic nitrogens is 2. The molecule has 1 amide bonds. The van der Waals surface area contributed by atoms with Crippen LogP contribution in [0.3, 0.4) is 0 Å². The van der Waals surface area contributed by atoms with Gasteiger partial charge in [0.15, 0.2) is 0 Å². The summed E-state index contributed by atoms with van der Waals surface area (Å²) in [5, 5.41) is 7.61. The zero-order chi connectivity index (χ0) is 12.3. The van der Waals surface area contributed by atoms with E-state index >= 15 is 0 Å². The molecule has 1 fully saturated rings. The Morgan fingerprint density at radius 2 is 2.24 bits per heavy atom. The Kier molecular flexibility index (Phi) is 3.78. The molecule has 5 nitrogen and oxygen atoms in total. The first-order chi connectivity index (χ1) is 8.16. The maximum atomic E-state index is 11.6. The zero-order valence-corrected chi connectivity index (χ0v) is 10.5. The fourth-order valence-corrected chi connectivity index (χ4v) is 2.11. The standard InChI is InChI=1S/C12H20N4O/c1-15(2)12(17)9-16-8-11(7-14-16)10-3-5-13-6-4-10/h7-8,10,13H,3-6,9H2,1-2H3. The summed E-state index contributed by atoms with van der Waals surface area (Å²) in [4.78, 5) is 13.1. The van der Waals surface area contributed by atoms with E-state index in [0.29, 0.717) is 12.5 Å². The Morgan fingerprint density at radius 1 is 1.53 bits per heavy atom. The molecule has 0 unspecified atom stereocenters. The fourth-order valence-electron chi connectivity index (χ4n) is 2.11. The van der Waals surface area contributed by atoms with Gasteiger partial charge in [0.2, 0.25) is 5.91 Å². The zero-order valence-electron chi connectivity index (χ0n) is 10.5. The average Bonchev–Trinajstić information content (AvgIpc) is 2.78. The van der Waals surface area contributed by atoms with Crippen LogP contribution in [-0.4, -0.2) is 47.8 Å². The lowest BCUT2D eigenvalue weighted by molar-refractivity contribution is -0.129. The highest BCUT2D eigenvalue weighted by Crippen LogP contribution is 2.24. The summed E-state index contributed by atoms with van der Waals surface area (Å²) in [6.07, 6.45) is 6.23. The lowest BCUT2D eigenvalue weighted by atomic mass is 9.93. The first-order valence-corrected chi connectivity index (χ1v) is 6.10. The number of likely N-dealkylation sites (N-methyl/N-ethyl adjacent to an activating group) is 1. The van der Waals surface area contributed by atoms with Crippen molar-refractivity contribution < 1.29 is 4.79 Å². The van der Waals surface area contributed by atoms with Crippen LogP contribution < -0.4 is 5.32 Å². The van der Waals surface area contributed by atoms with Gasteiger partial charge < -0.3 is 10.2 Å². The smallest absolute Gasteiger partial charge is 0.243 e. The molecule has 0 spiro atoms. The number of amides is 1. The average molecular weight is 236 g/mol. The minimum absolute atomic E-state index is 0.0740. The van der Waals surface area contributed by atoms with Gasteiger partial charge in [0.25, 0.3) is 0 Å². The highest BCUT2D eigenvalue weighted by Gasteiger charge is 2.17. The van der Waals surface area contributed by atoms with E-state index in [1.54, 1.807) is 23.7 Å². The second-order valence-electron chi connectivity index (χ2n) is 4.78. The topological polar surface area (TPSA) is 50.2 Å². The Hall–Kier alpha value is -1.36. The number of hydrogen-bond donors (Lipinski definition) is 1. The number of hydrogen-bond acceptors (Lipinski definition) is 3. The highest BCUT2D eigenvalue weighted by molar-refractivity contribution is 5.75. The molecule has 1 aliphatic heterocycles. The van der Waals surface area contributed by atoms with Crippen LogP contribution in [0.25, 0.3) is 0 Å². The van der Waals surface area contributed by atoms with E-state index in [0.717, 1.165) is 25.9 Å². The van der Waals surface area contributed by atoms with Gasteiger partial charge in [-0.15, -0.1) is 0 Å². The lowest BCUT2D eigenvalue weighted by Crippen LogP contribution is -2.27.